The van der Waals surface area contributed by atoms with Crippen molar-refractivity contribution in [2.75, 3.05) is 0 Å². The van der Waals surface area contributed by atoms with Gasteiger partial charge in [-0.2, -0.15) is 0 Å². The number of aliphatic hydroxyl groups is 1. The van der Waals surface area contributed by atoms with Crippen LogP contribution in [0.5, 0.6) is 5.75 Å². The Morgan fingerprint density at radius 2 is 1.34 bits per heavy atom. The molecule has 0 saturated heterocycles. The smallest absolute Gasteiger partial charge is 0.335 e. The second kappa shape index (κ2) is 7.07. The minimum atomic E-state index is -1.07. The van der Waals surface area contributed by atoms with Gasteiger partial charge < -0.3 is 15.3 Å². The van der Waals surface area contributed by atoms with Crippen molar-refractivity contribution < 1.29 is 24.9 Å². The SMILES string of the molecule is CC1(C)CCC(C)(C)c2cc(C(=O)/C=C(/O)c3ccc(C(=O)O)cc3)c(O)cc21. The number of hydrogen-bond acceptors (Lipinski definition) is 4. The zero-order valence-corrected chi connectivity index (χ0v) is 17.1. The highest BCUT2D eigenvalue weighted by molar-refractivity contribution is 6.09. The number of aromatic hydroxyl groups is 1. The minimum absolute atomic E-state index is 0.0880. The molecule has 0 heterocycles. The number of carboxylic acids is 1. The molecule has 0 saturated carbocycles. The predicted octanol–water partition coefficient (Wildman–Crippen LogP) is 5.22. The standard InChI is InChI=1S/C24H26O5/c1-23(2)9-10-24(3,4)18-12-20(26)16(11-17(18)23)21(27)13-19(25)14-5-7-15(8-6-14)22(28)29/h5-8,11-13,25-26H,9-10H2,1-4H3,(H,28,29)/b19-13+. The van der Waals surface area contributed by atoms with Gasteiger partial charge in [0.05, 0.1) is 11.1 Å². The molecule has 0 bridgehead atoms. The fourth-order valence-electron chi connectivity index (χ4n) is 3.87. The third kappa shape index (κ3) is 3.90. The Kier molecular flexibility index (Phi) is 5.03. The van der Waals surface area contributed by atoms with Gasteiger partial charge in [0.25, 0.3) is 0 Å². The molecule has 0 amide bonds. The molecule has 1 aliphatic rings. The number of carboxylic acid groups (broad SMARTS) is 1. The molecule has 5 heteroatoms. The summed E-state index contributed by atoms with van der Waals surface area (Å²) < 4.78 is 0. The molecule has 0 spiro atoms. The van der Waals surface area contributed by atoms with E-state index >= 15 is 0 Å². The van der Waals surface area contributed by atoms with E-state index in [9.17, 15) is 19.8 Å². The van der Waals surface area contributed by atoms with Crippen LogP contribution >= 0.6 is 0 Å². The molecule has 0 radical (unpaired) electrons. The highest BCUT2D eigenvalue weighted by Gasteiger charge is 2.38. The van der Waals surface area contributed by atoms with E-state index in [1.807, 2.05) is 0 Å². The minimum Gasteiger partial charge on any atom is -0.507 e. The van der Waals surface area contributed by atoms with Gasteiger partial charge in [-0.3, -0.25) is 4.79 Å². The van der Waals surface area contributed by atoms with E-state index in [2.05, 4.69) is 27.7 Å². The van der Waals surface area contributed by atoms with Crippen LogP contribution in [-0.2, 0) is 10.8 Å². The van der Waals surface area contributed by atoms with Crippen LogP contribution in [0.1, 0.15) is 77.9 Å². The third-order valence-corrected chi connectivity index (χ3v) is 5.93. The largest absolute Gasteiger partial charge is 0.507 e. The van der Waals surface area contributed by atoms with Gasteiger partial charge in [-0.1, -0.05) is 39.8 Å². The highest BCUT2D eigenvalue weighted by Crippen LogP contribution is 2.47. The van der Waals surface area contributed by atoms with Gasteiger partial charge in [-0.25, -0.2) is 4.79 Å². The van der Waals surface area contributed by atoms with Crippen LogP contribution in [0.15, 0.2) is 42.5 Å². The summed E-state index contributed by atoms with van der Waals surface area (Å²) in [6, 6.07) is 8.99. The predicted molar refractivity (Wildman–Crippen MR) is 112 cm³/mol. The van der Waals surface area contributed by atoms with Gasteiger partial charge in [-0.05, 0) is 59.1 Å². The maximum absolute atomic E-state index is 12.8. The van der Waals surface area contributed by atoms with E-state index in [-0.39, 0.29) is 33.5 Å². The molecule has 0 aliphatic heterocycles. The van der Waals surface area contributed by atoms with Crippen molar-refractivity contribution in [1.29, 1.82) is 0 Å². The fourth-order valence-corrected chi connectivity index (χ4v) is 3.87. The van der Waals surface area contributed by atoms with Crippen molar-refractivity contribution in [2.24, 2.45) is 0 Å². The van der Waals surface area contributed by atoms with Gasteiger partial charge >= 0.3 is 5.97 Å². The van der Waals surface area contributed by atoms with Crippen LogP contribution in [0.25, 0.3) is 5.76 Å². The zero-order chi connectivity index (χ0) is 21.6. The second-order valence-electron chi connectivity index (χ2n) is 8.96. The first kappa shape index (κ1) is 20.6. The van der Waals surface area contributed by atoms with Crippen LogP contribution in [0.3, 0.4) is 0 Å². The Balaban J connectivity index is 1.99. The summed E-state index contributed by atoms with van der Waals surface area (Å²) >= 11 is 0. The van der Waals surface area contributed by atoms with Crippen molar-refractivity contribution in [3.05, 3.63) is 70.3 Å². The number of ketones is 1. The topological polar surface area (TPSA) is 94.8 Å². The summed E-state index contributed by atoms with van der Waals surface area (Å²) in [5, 5.41) is 29.8. The molecule has 0 fully saturated rings. The lowest BCUT2D eigenvalue weighted by Crippen LogP contribution is -2.34. The first-order chi connectivity index (χ1) is 13.4. The summed E-state index contributed by atoms with van der Waals surface area (Å²) in [5.41, 5.74) is 2.42. The van der Waals surface area contributed by atoms with Gasteiger partial charge in [0.2, 0.25) is 0 Å². The number of aromatic carboxylic acids is 1. The molecule has 0 aromatic heterocycles. The molecule has 5 nitrogen and oxygen atoms in total. The number of carbonyl (C=O) groups is 2. The molecule has 0 unspecified atom stereocenters. The van der Waals surface area contributed by atoms with Crippen LogP contribution in [0, 0.1) is 0 Å². The summed E-state index contributed by atoms with van der Waals surface area (Å²) in [6.07, 6.45) is 3.02. The van der Waals surface area contributed by atoms with Gasteiger partial charge in [0.15, 0.2) is 5.78 Å². The first-order valence-corrected chi connectivity index (χ1v) is 9.59. The van der Waals surface area contributed by atoms with Crippen LogP contribution in [0.4, 0.5) is 0 Å². The molecular weight excluding hydrogens is 368 g/mol. The molecule has 152 valence electrons. The van der Waals surface area contributed by atoms with E-state index in [0.29, 0.717) is 5.56 Å². The summed E-state index contributed by atoms with van der Waals surface area (Å²) in [4.78, 5) is 23.7. The van der Waals surface area contributed by atoms with Gasteiger partial charge in [-0.15, -0.1) is 0 Å². The number of fused-ring (bicyclic) bond motifs is 1. The van der Waals surface area contributed by atoms with Crippen molar-refractivity contribution in [3.63, 3.8) is 0 Å². The number of phenols is 1. The number of benzene rings is 2. The number of hydrogen-bond donors (Lipinski definition) is 3. The first-order valence-electron chi connectivity index (χ1n) is 9.59. The molecule has 3 N–H and O–H groups in total. The van der Waals surface area contributed by atoms with Crippen molar-refractivity contribution in [3.8, 4) is 5.75 Å². The Labute approximate surface area is 170 Å². The molecule has 2 aromatic carbocycles. The monoisotopic (exact) mass is 394 g/mol. The normalized spacial score (nSPS) is 17.4. The molecule has 29 heavy (non-hydrogen) atoms. The molecule has 3 rings (SSSR count). The quantitative estimate of drug-likeness (QED) is 0.375. The summed E-state index contributed by atoms with van der Waals surface area (Å²) in [6.45, 7) is 8.52. The maximum Gasteiger partial charge on any atom is 0.335 e. The number of allylic oxidation sites excluding steroid dienone is 1. The van der Waals surface area contributed by atoms with Crippen molar-refractivity contribution >= 4 is 17.5 Å². The fraction of sp³-hybridized carbons (Fsp3) is 0.333. The number of phenolic OH excluding ortho intramolecular Hbond substituents is 1. The van der Waals surface area contributed by atoms with Crippen LogP contribution < -0.4 is 0 Å². The van der Waals surface area contributed by atoms with Gasteiger partial charge in [0.1, 0.15) is 11.5 Å². The average Bonchev–Trinajstić information content (AvgIpc) is 2.65. The molecule has 0 atom stereocenters. The zero-order valence-electron chi connectivity index (χ0n) is 17.1. The Bertz CT molecular complexity index is 1010. The van der Waals surface area contributed by atoms with Crippen molar-refractivity contribution in [2.45, 2.75) is 51.4 Å². The van der Waals surface area contributed by atoms with E-state index in [0.717, 1.165) is 30.0 Å². The molecule has 2 aromatic rings. The maximum atomic E-state index is 12.8. The molecule has 1 aliphatic carbocycles. The van der Waals surface area contributed by atoms with Gasteiger partial charge in [0, 0.05) is 11.6 Å². The van der Waals surface area contributed by atoms with Crippen LogP contribution in [-0.4, -0.2) is 27.1 Å². The number of rotatable bonds is 4. The Morgan fingerprint density at radius 3 is 1.86 bits per heavy atom. The van der Waals surface area contributed by atoms with E-state index in [1.54, 1.807) is 12.1 Å². The van der Waals surface area contributed by atoms with Crippen LogP contribution in [0.2, 0.25) is 0 Å². The van der Waals surface area contributed by atoms with E-state index in [1.165, 1.54) is 24.3 Å². The molecular formula is C24H26O5. The summed E-state index contributed by atoms with van der Waals surface area (Å²) in [7, 11) is 0. The number of aliphatic hydroxyl groups excluding tert-OH is 1. The Morgan fingerprint density at radius 1 is 0.862 bits per heavy atom. The van der Waals surface area contributed by atoms with E-state index < -0.39 is 11.8 Å². The number of carbonyl (C=O) groups excluding carboxylic acids is 1. The highest BCUT2D eigenvalue weighted by atomic mass is 16.4. The van der Waals surface area contributed by atoms with E-state index in [4.69, 9.17) is 5.11 Å². The Hall–Kier alpha value is -3.08. The lowest BCUT2D eigenvalue weighted by molar-refractivity contribution is 0.0696. The summed E-state index contributed by atoms with van der Waals surface area (Å²) in [5.74, 6) is -1.97. The lowest BCUT2D eigenvalue weighted by atomic mass is 9.63. The van der Waals surface area contributed by atoms with Crippen molar-refractivity contribution in [1.82, 2.24) is 0 Å². The second-order valence-corrected chi connectivity index (χ2v) is 8.96. The lowest BCUT2D eigenvalue weighted by Gasteiger charge is -2.42. The third-order valence-electron chi connectivity index (χ3n) is 5.93. The average molecular weight is 394 g/mol.